The highest BCUT2D eigenvalue weighted by molar-refractivity contribution is 6.31. The molecular formula is C15H27ClN4O. The van der Waals surface area contributed by atoms with Crippen molar-refractivity contribution < 1.29 is 5.11 Å². The van der Waals surface area contributed by atoms with E-state index in [2.05, 4.69) is 29.0 Å². The fourth-order valence-corrected chi connectivity index (χ4v) is 3.33. The Balaban J connectivity index is 2.14. The van der Waals surface area contributed by atoms with Crippen molar-refractivity contribution in [2.24, 2.45) is 0 Å². The molecule has 2 heterocycles. The van der Waals surface area contributed by atoms with Gasteiger partial charge in [0.25, 0.3) is 0 Å². The van der Waals surface area contributed by atoms with Gasteiger partial charge in [0.2, 0.25) is 0 Å². The molecule has 0 saturated carbocycles. The minimum absolute atomic E-state index is 0.133. The topological polar surface area (TPSA) is 44.5 Å². The molecular weight excluding hydrogens is 288 g/mol. The molecule has 0 aromatic carbocycles. The summed E-state index contributed by atoms with van der Waals surface area (Å²) in [5, 5.41) is 15.9. The smallest absolute Gasteiger partial charge is 0.0848 e. The van der Waals surface area contributed by atoms with E-state index in [1.807, 2.05) is 18.5 Å². The highest BCUT2D eigenvalue weighted by Crippen LogP contribution is 2.23. The molecule has 0 amide bonds. The fraction of sp³-hybridized carbons (Fsp3) is 0.800. The number of likely N-dealkylation sites (N-methyl/N-ethyl adjacent to an activating group) is 2. The summed E-state index contributed by atoms with van der Waals surface area (Å²) in [4.78, 5) is 4.56. The van der Waals surface area contributed by atoms with Gasteiger partial charge in [-0.05, 0) is 47.5 Å². The predicted octanol–water partition coefficient (Wildman–Crippen LogP) is 1.40. The molecule has 0 spiro atoms. The standard InChI is InChI=1S/C15H27ClN4O/c1-5-20-12(15(16)11(2)17-20)9-14(21)13-10-18(3)7-6-8-19(13)4/h13-14,21H,5-10H2,1-4H3. The number of halogens is 1. The number of aliphatic hydroxyl groups excluding tert-OH is 1. The lowest BCUT2D eigenvalue weighted by Gasteiger charge is -2.31. The molecule has 0 aliphatic carbocycles. The summed E-state index contributed by atoms with van der Waals surface area (Å²) in [6, 6.07) is 0.133. The summed E-state index contributed by atoms with van der Waals surface area (Å²) in [5.41, 5.74) is 1.79. The maximum absolute atomic E-state index is 10.7. The molecule has 6 heteroatoms. The Bertz CT molecular complexity index is 476. The van der Waals surface area contributed by atoms with Gasteiger partial charge in [0.05, 0.1) is 22.5 Å². The summed E-state index contributed by atoms with van der Waals surface area (Å²) in [6.07, 6.45) is 1.26. The molecule has 2 rings (SSSR count). The van der Waals surface area contributed by atoms with Crippen molar-refractivity contribution in [1.29, 1.82) is 0 Å². The Morgan fingerprint density at radius 3 is 2.76 bits per heavy atom. The number of rotatable bonds is 4. The summed E-state index contributed by atoms with van der Waals surface area (Å²) in [7, 11) is 4.21. The van der Waals surface area contributed by atoms with Gasteiger partial charge in [0, 0.05) is 25.6 Å². The molecule has 1 N–H and O–H groups in total. The van der Waals surface area contributed by atoms with Crippen molar-refractivity contribution in [2.45, 2.75) is 45.4 Å². The summed E-state index contributed by atoms with van der Waals surface area (Å²) in [5.74, 6) is 0. The highest BCUT2D eigenvalue weighted by Gasteiger charge is 2.29. The van der Waals surface area contributed by atoms with Gasteiger partial charge in [-0.25, -0.2) is 0 Å². The normalized spacial score (nSPS) is 23.2. The number of aryl methyl sites for hydroxylation is 2. The Labute approximate surface area is 132 Å². The third kappa shape index (κ3) is 3.77. The molecule has 1 fully saturated rings. The summed E-state index contributed by atoms with van der Waals surface area (Å²) >= 11 is 6.35. The minimum Gasteiger partial charge on any atom is -0.391 e. The average molecular weight is 315 g/mol. The van der Waals surface area contributed by atoms with Crippen molar-refractivity contribution >= 4 is 11.6 Å². The van der Waals surface area contributed by atoms with Crippen LogP contribution in [0.1, 0.15) is 24.7 Å². The van der Waals surface area contributed by atoms with Crippen LogP contribution in [0.3, 0.4) is 0 Å². The van der Waals surface area contributed by atoms with Gasteiger partial charge >= 0.3 is 0 Å². The largest absolute Gasteiger partial charge is 0.391 e. The van der Waals surface area contributed by atoms with Crippen LogP contribution in [0.5, 0.6) is 0 Å². The first-order chi connectivity index (χ1) is 9.93. The zero-order valence-electron chi connectivity index (χ0n) is 13.5. The second-order valence-corrected chi connectivity index (χ2v) is 6.48. The first kappa shape index (κ1) is 16.7. The van der Waals surface area contributed by atoms with Gasteiger partial charge in [-0.2, -0.15) is 5.10 Å². The first-order valence-corrected chi connectivity index (χ1v) is 8.10. The van der Waals surface area contributed by atoms with Crippen LogP contribution in [-0.4, -0.2) is 70.6 Å². The molecule has 21 heavy (non-hydrogen) atoms. The Hall–Kier alpha value is -0.620. The van der Waals surface area contributed by atoms with E-state index in [-0.39, 0.29) is 6.04 Å². The van der Waals surface area contributed by atoms with E-state index in [9.17, 15) is 5.11 Å². The SMILES string of the molecule is CCn1nc(C)c(Cl)c1CC(O)C1CN(C)CCCN1C. The van der Waals surface area contributed by atoms with Gasteiger partial charge in [-0.15, -0.1) is 0 Å². The van der Waals surface area contributed by atoms with E-state index in [0.29, 0.717) is 11.4 Å². The lowest BCUT2D eigenvalue weighted by Crippen LogP contribution is -2.47. The molecule has 1 aliphatic rings. The molecule has 5 nitrogen and oxygen atoms in total. The van der Waals surface area contributed by atoms with E-state index >= 15 is 0 Å². The maximum Gasteiger partial charge on any atom is 0.0848 e. The average Bonchev–Trinajstić information content (AvgIpc) is 2.60. The number of nitrogens with zero attached hydrogens (tertiary/aromatic N) is 4. The molecule has 2 unspecified atom stereocenters. The Morgan fingerprint density at radius 2 is 2.10 bits per heavy atom. The maximum atomic E-state index is 10.7. The van der Waals surface area contributed by atoms with Crippen molar-refractivity contribution in [2.75, 3.05) is 33.7 Å². The molecule has 1 saturated heterocycles. The number of hydrogen-bond acceptors (Lipinski definition) is 4. The van der Waals surface area contributed by atoms with Crippen molar-refractivity contribution in [3.05, 3.63) is 16.4 Å². The van der Waals surface area contributed by atoms with Gasteiger partial charge in [-0.3, -0.25) is 9.58 Å². The molecule has 120 valence electrons. The number of hydrogen-bond donors (Lipinski definition) is 1. The Kier molecular flexibility index (Phi) is 5.66. The molecule has 1 aromatic heterocycles. The van der Waals surface area contributed by atoms with E-state index in [0.717, 1.165) is 44.0 Å². The van der Waals surface area contributed by atoms with Gasteiger partial charge in [0.15, 0.2) is 0 Å². The summed E-state index contributed by atoms with van der Waals surface area (Å²) in [6.45, 7) is 7.72. The zero-order chi connectivity index (χ0) is 15.6. The van der Waals surface area contributed by atoms with Crippen LogP contribution >= 0.6 is 11.6 Å². The third-order valence-electron chi connectivity index (χ3n) is 4.42. The predicted molar refractivity (Wildman–Crippen MR) is 85.9 cm³/mol. The first-order valence-electron chi connectivity index (χ1n) is 7.72. The van der Waals surface area contributed by atoms with Gasteiger partial charge < -0.3 is 10.0 Å². The van der Waals surface area contributed by atoms with Crippen LogP contribution in [-0.2, 0) is 13.0 Å². The monoisotopic (exact) mass is 314 g/mol. The number of aromatic nitrogens is 2. The van der Waals surface area contributed by atoms with Gasteiger partial charge in [0.1, 0.15) is 0 Å². The second kappa shape index (κ2) is 7.09. The van der Waals surface area contributed by atoms with Crippen molar-refractivity contribution in [1.82, 2.24) is 19.6 Å². The van der Waals surface area contributed by atoms with Crippen molar-refractivity contribution in [3.63, 3.8) is 0 Å². The van der Waals surface area contributed by atoms with Crippen LogP contribution in [0.15, 0.2) is 0 Å². The lowest BCUT2D eigenvalue weighted by atomic mass is 10.0. The van der Waals surface area contributed by atoms with Crippen LogP contribution in [0.2, 0.25) is 5.02 Å². The van der Waals surface area contributed by atoms with Crippen molar-refractivity contribution in [3.8, 4) is 0 Å². The van der Waals surface area contributed by atoms with Crippen LogP contribution in [0.25, 0.3) is 0 Å². The third-order valence-corrected chi connectivity index (χ3v) is 4.91. The van der Waals surface area contributed by atoms with E-state index < -0.39 is 6.10 Å². The number of aliphatic hydroxyl groups is 1. The van der Waals surface area contributed by atoms with E-state index in [1.54, 1.807) is 0 Å². The molecule has 2 atom stereocenters. The van der Waals surface area contributed by atoms with Crippen LogP contribution < -0.4 is 0 Å². The molecule has 0 radical (unpaired) electrons. The van der Waals surface area contributed by atoms with Crippen LogP contribution in [0.4, 0.5) is 0 Å². The van der Waals surface area contributed by atoms with E-state index in [4.69, 9.17) is 11.6 Å². The molecule has 0 bridgehead atoms. The molecule has 1 aliphatic heterocycles. The van der Waals surface area contributed by atoms with E-state index in [1.165, 1.54) is 0 Å². The highest BCUT2D eigenvalue weighted by atomic mass is 35.5. The summed E-state index contributed by atoms with van der Waals surface area (Å²) < 4.78 is 1.90. The Morgan fingerprint density at radius 1 is 1.38 bits per heavy atom. The fourth-order valence-electron chi connectivity index (χ4n) is 3.12. The van der Waals surface area contributed by atoms with Gasteiger partial charge in [-0.1, -0.05) is 11.6 Å². The van der Waals surface area contributed by atoms with Crippen LogP contribution in [0, 0.1) is 6.92 Å². The molecule has 1 aromatic rings. The minimum atomic E-state index is -0.436. The lowest BCUT2D eigenvalue weighted by molar-refractivity contribution is 0.0567. The quantitative estimate of drug-likeness (QED) is 0.912. The zero-order valence-corrected chi connectivity index (χ0v) is 14.3. The second-order valence-electron chi connectivity index (χ2n) is 6.10.